The third kappa shape index (κ3) is 4.21. The maximum Gasteiger partial charge on any atom is 0.333 e. The van der Waals surface area contributed by atoms with Gasteiger partial charge in [0.2, 0.25) is 0 Å². The fraction of sp³-hybridized carbons (Fsp3) is 0.154. The Morgan fingerprint density at radius 1 is 1.33 bits per heavy atom. The highest BCUT2D eigenvalue weighted by atomic mass is 16.5. The fourth-order valence-corrected chi connectivity index (χ4v) is 1.10. The van der Waals surface area contributed by atoms with Crippen LogP contribution in [0.1, 0.15) is 17.3 Å². The highest BCUT2D eigenvalue weighted by Gasteiger charge is 2.08. The van der Waals surface area contributed by atoms with Gasteiger partial charge < -0.3 is 10.1 Å². The number of amides is 1. The minimum absolute atomic E-state index is 0.234. The first-order valence-corrected chi connectivity index (χ1v) is 5.20. The summed E-state index contributed by atoms with van der Waals surface area (Å²) in [4.78, 5) is 32.9. The molecule has 1 aromatic carbocycles. The lowest BCUT2D eigenvalue weighted by atomic mass is 10.2. The monoisotopic (exact) mass is 247 g/mol. The molecule has 0 bridgehead atoms. The van der Waals surface area contributed by atoms with Crippen molar-refractivity contribution in [3.8, 4) is 0 Å². The molecule has 5 nitrogen and oxygen atoms in total. The van der Waals surface area contributed by atoms with E-state index in [1.54, 1.807) is 24.3 Å². The Hall–Kier alpha value is -2.43. The van der Waals surface area contributed by atoms with Crippen molar-refractivity contribution in [2.75, 3.05) is 11.9 Å². The molecule has 0 aliphatic carbocycles. The van der Waals surface area contributed by atoms with E-state index >= 15 is 0 Å². The molecule has 0 saturated heterocycles. The number of nitrogens with one attached hydrogen (secondary N) is 1. The van der Waals surface area contributed by atoms with Crippen LogP contribution in [0.25, 0.3) is 0 Å². The lowest BCUT2D eigenvalue weighted by molar-refractivity contribution is -0.143. The molecule has 0 aliphatic rings. The average molecular weight is 247 g/mol. The van der Waals surface area contributed by atoms with Gasteiger partial charge in [-0.05, 0) is 31.2 Å². The summed E-state index contributed by atoms with van der Waals surface area (Å²) in [6.07, 6.45) is 0.709. The van der Waals surface area contributed by atoms with Crippen LogP contribution in [0.5, 0.6) is 0 Å². The first-order valence-electron chi connectivity index (χ1n) is 5.20. The lowest BCUT2D eigenvalue weighted by Crippen LogP contribution is -2.21. The number of esters is 1. The highest BCUT2D eigenvalue weighted by molar-refractivity contribution is 5.95. The maximum absolute atomic E-state index is 11.4. The second-order valence-electron chi connectivity index (χ2n) is 3.64. The van der Waals surface area contributed by atoms with E-state index in [0.29, 0.717) is 17.5 Å². The first-order chi connectivity index (χ1) is 8.52. The van der Waals surface area contributed by atoms with Crippen LogP contribution in [0.15, 0.2) is 36.4 Å². The second-order valence-corrected chi connectivity index (χ2v) is 3.64. The maximum atomic E-state index is 11.4. The molecule has 0 heterocycles. The first kappa shape index (κ1) is 13.6. The van der Waals surface area contributed by atoms with E-state index in [4.69, 9.17) is 0 Å². The number of benzene rings is 1. The quantitative estimate of drug-likeness (QED) is 0.487. The Balaban J connectivity index is 2.46. The fourth-order valence-electron chi connectivity index (χ4n) is 1.10. The Morgan fingerprint density at radius 2 is 1.94 bits per heavy atom. The molecule has 94 valence electrons. The topological polar surface area (TPSA) is 72.5 Å². The minimum Gasteiger partial charge on any atom is -0.452 e. The lowest BCUT2D eigenvalue weighted by Gasteiger charge is -2.06. The second kappa shape index (κ2) is 6.34. The van der Waals surface area contributed by atoms with Gasteiger partial charge in [0, 0.05) is 16.8 Å². The van der Waals surface area contributed by atoms with E-state index in [-0.39, 0.29) is 12.2 Å². The Morgan fingerprint density at radius 3 is 2.44 bits per heavy atom. The van der Waals surface area contributed by atoms with Gasteiger partial charge in [0.25, 0.3) is 5.91 Å². The summed E-state index contributed by atoms with van der Waals surface area (Å²) in [5.41, 5.74) is 1.27. The molecule has 0 fully saturated rings. The Labute approximate surface area is 104 Å². The number of anilines is 1. The smallest absolute Gasteiger partial charge is 0.333 e. The van der Waals surface area contributed by atoms with Crippen molar-refractivity contribution in [2.24, 2.45) is 0 Å². The molecule has 5 heteroatoms. The molecule has 0 saturated carbocycles. The molecule has 0 aliphatic heterocycles. The van der Waals surface area contributed by atoms with Crippen molar-refractivity contribution in [2.45, 2.75) is 6.92 Å². The SMILES string of the molecule is C=C(C)C(=O)OCC(=O)Nc1ccc(C=O)cc1. The molecule has 0 unspecified atom stereocenters. The molecular weight excluding hydrogens is 234 g/mol. The van der Waals surface area contributed by atoms with E-state index in [0.717, 1.165) is 0 Å². The number of carbonyl (C=O) groups excluding carboxylic acids is 3. The van der Waals surface area contributed by atoms with Crippen molar-refractivity contribution >= 4 is 23.9 Å². The van der Waals surface area contributed by atoms with Crippen molar-refractivity contribution in [1.29, 1.82) is 0 Å². The van der Waals surface area contributed by atoms with E-state index in [1.165, 1.54) is 6.92 Å². The molecule has 0 aromatic heterocycles. The summed E-state index contributed by atoms with van der Waals surface area (Å²) in [5.74, 6) is -1.06. The van der Waals surface area contributed by atoms with E-state index < -0.39 is 11.9 Å². The van der Waals surface area contributed by atoms with Gasteiger partial charge in [-0.2, -0.15) is 0 Å². The Kier molecular flexibility index (Phi) is 4.80. The molecule has 0 spiro atoms. The zero-order chi connectivity index (χ0) is 13.5. The molecule has 0 atom stereocenters. The predicted molar refractivity (Wildman–Crippen MR) is 66.2 cm³/mol. The summed E-state index contributed by atoms with van der Waals surface area (Å²) in [6.45, 7) is 4.52. The van der Waals surface area contributed by atoms with Crippen molar-refractivity contribution in [1.82, 2.24) is 0 Å². The largest absolute Gasteiger partial charge is 0.452 e. The number of rotatable bonds is 5. The molecule has 1 aromatic rings. The summed E-state index contributed by atoms with van der Waals surface area (Å²) in [7, 11) is 0. The van der Waals surface area contributed by atoms with E-state index in [9.17, 15) is 14.4 Å². The third-order valence-electron chi connectivity index (χ3n) is 2.01. The predicted octanol–water partition coefficient (Wildman–Crippen LogP) is 1.56. The van der Waals surface area contributed by atoms with Crippen LogP contribution in [0.4, 0.5) is 5.69 Å². The number of ether oxygens (including phenoxy) is 1. The molecule has 1 rings (SSSR count). The van der Waals surface area contributed by atoms with Gasteiger partial charge in [-0.25, -0.2) is 4.79 Å². The van der Waals surface area contributed by atoms with Crippen LogP contribution >= 0.6 is 0 Å². The highest BCUT2D eigenvalue weighted by Crippen LogP contribution is 2.08. The van der Waals surface area contributed by atoms with Crippen LogP contribution < -0.4 is 5.32 Å². The normalized spacial score (nSPS) is 9.39. The summed E-state index contributed by atoms with van der Waals surface area (Å²) in [5, 5.41) is 2.53. The third-order valence-corrected chi connectivity index (χ3v) is 2.01. The zero-order valence-electron chi connectivity index (χ0n) is 9.93. The molecule has 1 amide bonds. The van der Waals surface area contributed by atoms with Crippen LogP contribution in [-0.4, -0.2) is 24.8 Å². The number of hydrogen-bond donors (Lipinski definition) is 1. The Bertz CT molecular complexity index is 476. The minimum atomic E-state index is -0.610. The van der Waals surface area contributed by atoms with Gasteiger partial charge >= 0.3 is 5.97 Å². The standard InChI is InChI=1S/C13H13NO4/c1-9(2)13(17)18-8-12(16)14-11-5-3-10(7-15)4-6-11/h3-7H,1,8H2,2H3,(H,14,16). The van der Waals surface area contributed by atoms with Gasteiger partial charge in [-0.1, -0.05) is 6.58 Å². The zero-order valence-corrected chi connectivity index (χ0v) is 9.93. The number of hydrogen-bond acceptors (Lipinski definition) is 4. The van der Waals surface area contributed by atoms with Gasteiger partial charge in [0.15, 0.2) is 6.61 Å². The summed E-state index contributed by atoms with van der Waals surface area (Å²) < 4.78 is 4.68. The molecule has 1 N–H and O–H groups in total. The van der Waals surface area contributed by atoms with Crippen LogP contribution in [-0.2, 0) is 14.3 Å². The molecule has 0 radical (unpaired) electrons. The van der Waals surface area contributed by atoms with E-state index in [1.807, 2.05) is 0 Å². The molecule has 18 heavy (non-hydrogen) atoms. The van der Waals surface area contributed by atoms with Gasteiger partial charge in [-0.3, -0.25) is 9.59 Å². The number of carbonyl (C=O) groups is 3. The van der Waals surface area contributed by atoms with Crippen LogP contribution in [0.2, 0.25) is 0 Å². The van der Waals surface area contributed by atoms with Gasteiger partial charge in [0.05, 0.1) is 0 Å². The van der Waals surface area contributed by atoms with Crippen molar-refractivity contribution in [3.05, 3.63) is 42.0 Å². The van der Waals surface area contributed by atoms with Crippen molar-refractivity contribution in [3.63, 3.8) is 0 Å². The molecular formula is C13H13NO4. The summed E-state index contributed by atoms with van der Waals surface area (Å²) in [6, 6.07) is 6.31. The average Bonchev–Trinajstić information content (AvgIpc) is 2.36. The van der Waals surface area contributed by atoms with E-state index in [2.05, 4.69) is 16.6 Å². The van der Waals surface area contributed by atoms with Crippen molar-refractivity contribution < 1.29 is 19.1 Å². The number of aldehydes is 1. The van der Waals surface area contributed by atoms with Crippen LogP contribution in [0.3, 0.4) is 0 Å². The summed E-state index contributed by atoms with van der Waals surface area (Å²) >= 11 is 0. The van der Waals surface area contributed by atoms with Crippen LogP contribution in [0, 0.1) is 0 Å². The van der Waals surface area contributed by atoms with Gasteiger partial charge in [0.1, 0.15) is 6.29 Å². The van der Waals surface area contributed by atoms with Gasteiger partial charge in [-0.15, -0.1) is 0 Å².